The van der Waals surface area contributed by atoms with Gasteiger partial charge in [0.25, 0.3) is 0 Å². The molecular weight excluding hydrogens is 364 g/mol. The van der Waals surface area contributed by atoms with Gasteiger partial charge in [-0.15, -0.1) is 0 Å². The minimum Gasteiger partial charge on any atom is -0.289 e. The molecule has 0 heterocycles. The summed E-state index contributed by atoms with van der Waals surface area (Å²) in [5.74, 6) is 0.643. The van der Waals surface area contributed by atoms with Crippen molar-refractivity contribution >= 4 is 39.5 Å². The van der Waals surface area contributed by atoms with Crippen LogP contribution in [-0.4, -0.2) is 5.78 Å². The Morgan fingerprint density at radius 1 is 0.700 bits per heavy atom. The van der Waals surface area contributed by atoms with Crippen LogP contribution in [0.3, 0.4) is 0 Å². The van der Waals surface area contributed by atoms with E-state index in [-0.39, 0.29) is 5.78 Å². The molecule has 30 heavy (non-hydrogen) atoms. The highest BCUT2D eigenvalue weighted by atomic mass is 16.1. The van der Waals surface area contributed by atoms with Gasteiger partial charge < -0.3 is 0 Å². The standard InChI is InChI=1S/C29H24O/c1-20-15-26(18-21-13-14-22-7-2-3-9-24(22)17-21)29(30)27(16-20)19-25-11-6-10-23-8-4-5-12-28(23)25/h2-14,17-20H,15-16H2,1H3/b26-18+,27-19-. The summed E-state index contributed by atoms with van der Waals surface area (Å²) in [7, 11) is 0. The van der Waals surface area contributed by atoms with Crippen LogP contribution in [-0.2, 0) is 4.79 Å². The number of rotatable bonds is 2. The number of ketones is 1. The van der Waals surface area contributed by atoms with Crippen molar-refractivity contribution in [3.63, 3.8) is 0 Å². The van der Waals surface area contributed by atoms with Gasteiger partial charge in [-0.3, -0.25) is 4.79 Å². The summed E-state index contributed by atoms with van der Waals surface area (Å²) in [6, 6.07) is 29.4. The monoisotopic (exact) mass is 388 g/mol. The molecule has 0 aliphatic heterocycles. The van der Waals surface area contributed by atoms with Crippen molar-refractivity contribution in [1.82, 2.24) is 0 Å². The van der Waals surface area contributed by atoms with Gasteiger partial charge >= 0.3 is 0 Å². The van der Waals surface area contributed by atoms with Gasteiger partial charge in [0.2, 0.25) is 0 Å². The summed E-state index contributed by atoms with van der Waals surface area (Å²) >= 11 is 0. The Balaban J connectivity index is 1.54. The summed E-state index contributed by atoms with van der Waals surface area (Å²) in [6.07, 6.45) is 5.85. The van der Waals surface area contributed by atoms with Gasteiger partial charge in [-0.2, -0.15) is 0 Å². The Morgan fingerprint density at radius 2 is 1.37 bits per heavy atom. The molecule has 1 aliphatic rings. The molecule has 1 saturated carbocycles. The molecule has 0 amide bonds. The number of allylic oxidation sites excluding steroid dienone is 2. The molecule has 0 aromatic heterocycles. The Kier molecular flexibility index (Phi) is 4.80. The van der Waals surface area contributed by atoms with Crippen LogP contribution in [0.25, 0.3) is 33.7 Å². The van der Waals surface area contributed by atoms with Crippen LogP contribution in [0.1, 0.15) is 30.9 Å². The topological polar surface area (TPSA) is 17.1 Å². The number of hydrogen-bond acceptors (Lipinski definition) is 1. The average Bonchev–Trinajstić information content (AvgIpc) is 2.77. The van der Waals surface area contributed by atoms with Gasteiger partial charge in [0.15, 0.2) is 5.78 Å². The third-order valence-corrected chi connectivity index (χ3v) is 5.99. The molecule has 4 aromatic rings. The van der Waals surface area contributed by atoms with Crippen LogP contribution in [0.2, 0.25) is 0 Å². The van der Waals surface area contributed by atoms with Crippen LogP contribution < -0.4 is 0 Å². The normalized spacial score (nSPS) is 19.8. The van der Waals surface area contributed by atoms with Crippen molar-refractivity contribution in [3.8, 4) is 0 Å². The molecule has 0 N–H and O–H groups in total. The maximum atomic E-state index is 13.3. The number of carbonyl (C=O) groups excluding carboxylic acids is 1. The maximum absolute atomic E-state index is 13.3. The van der Waals surface area contributed by atoms with Crippen LogP contribution in [0, 0.1) is 5.92 Å². The molecule has 0 saturated heterocycles. The van der Waals surface area contributed by atoms with Gasteiger partial charge in [0.05, 0.1) is 0 Å². The molecule has 1 nitrogen and oxygen atoms in total. The van der Waals surface area contributed by atoms with Gasteiger partial charge in [0.1, 0.15) is 0 Å². The zero-order valence-electron chi connectivity index (χ0n) is 17.1. The van der Waals surface area contributed by atoms with Crippen molar-refractivity contribution < 1.29 is 4.79 Å². The van der Waals surface area contributed by atoms with Crippen molar-refractivity contribution in [2.75, 3.05) is 0 Å². The zero-order valence-corrected chi connectivity index (χ0v) is 17.1. The van der Waals surface area contributed by atoms with E-state index in [1.165, 1.54) is 21.5 Å². The Morgan fingerprint density at radius 3 is 2.20 bits per heavy atom. The first-order valence-electron chi connectivity index (χ1n) is 10.6. The van der Waals surface area contributed by atoms with Crippen molar-refractivity contribution in [2.24, 2.45) is 5.92 Å². The second-order valence-electron chi connectivity index (χ2n) is 8.36. The first kappa shape index (κ1) is 18.6. The number of carbonyl (C=O) groups is 1. The first-order chi connectivity index (χ1) is 14.7. The molecule has 4 aromatic carbocycles. The van der Waals surface area contributed by atoms with Crippen LogP contribution in [0.5, 0.6) is 0 Å². The molecule has 146 valence electrons. The summed E-state index contributed by atoms with van der Waals surface area (Å²) in [6.45, 7) is 2.23. The Hall–Kier alpha value is -3.45. The smallest absolute Gasteiger partial charge is 0.185 e. The molecule has 0 radical (unpaired) electrons. The zero-order chi connectivity index (χ0) is 20.5. The van der Waals surface area contributed by atoms with Crippen molar-refractivity contribution in [1.29, 1.82) is 0 Å². The van der Waals surface area contributed by atoms with E-state index >= 15 is 0 Å². The van der Waals surface area contributed by atoms with Gasteiger partial charge in [0, 0.05) is 11.1 Å². The largest absolute Gasteiger partial charge is 0.289 e. The van der Waals surface area contributed by atoms with E-state index in [2.05, 4.69) is 104 Å². The maximum Gasteiger partial charge on any atom is 0.185 e. The van der Waals surface area contributed by atoms with Crippen LogP contribution in [0.15, 0.2) is 96.1 Å². The quantitative estimate of drug-likeness (QED) is 0.326. The fraction of sp³-hybridized carbons (Fsp3) is 0.138. The number of fused-ring (bicyclic) bond motifs is 2. The molecule has 1 heteroatoms. The minimum atomic E-state index is 0.189. The van der Waals surface area contributed by atoms with Crippen LogP contribution in [0.4, 0.5) is 0 Å². The lowest BCUT2D eigenvalue weighted by molar-refractivity contribution is -0.113. The van der Waals surface area contributed by atoms with E-state index in [0.717, 1.165) is 35.1 Å². The summed E-state index contributed by atoms with van der Waals surface area (Å²) in [5, 5.41) is 4.82. The fourth-order valence-corrected chi connectivity index (χ4v) is 4.53. The predicted octanol–water partition coefficient (Wildman–Crippen LogP) is 7.46. The summed E-state index contributed by atoms with van der Waals surface area (Å²) in [5.41, 5.74) is 4.04. The predicted molar refractivity (Wildman–Crippen MR) is 127 cm³/mol. The third kappa shape index (κ3) is 3.59. The Labute approximate surface area is 177 Å². The molecule has 0 spiro atoms. The lowest BCUT2D eigenvalue weighted by Crippen LogP contribution is -2.18. The molecule has 0 bridgehead atoms. The lowest BCUT2D eigenvalue weighted by Gasteiger charge is -2.23. The molecule has 1 aliphatic carbocycles. The van der Waals surface area contributed by atoms with E-state index in [1.807, 2.05) is 0 Å². The first-order valence-corrected chi connectivity index (χ1v) is 10.6. The minimum absolute atomic E-state index is 0.189. The van der Waals surface area contributed by atoms with Gasteiger partial charge in [-0.05, 0) is 69.6 Å². The highest BCUT2D eigenvalue weighted by Gasteiger charge is 2.25. The molecule has 1 atom stereocenters. The summed E-state index contributed by atoms with van der Waals surface area (Å²) < 4.78 is 0. The molecule has 1 fully saturated rings. The number of hydrogen-bond donors (Lipinski definition) is 0. The number of benzene rings is 4. The lowest BCUT2D eigenvalue weighted by atomic mass is 9.80. The van der Waals surface area contributed by atoms with E-state index in [1.54, 1.807) is 0 Å². The molecule has 1 unspecified atom stereocenters. The van der Waals surface area contributed by atoms with E-state index in [0.29, 0.717) is 5.92 Å². The van der Waals surface area contributed by atoms with Crippen molar-refractivity contribution in [2.45, 2.75) is 19.8 Å². The van der Waals surface area contributed by atoms with E-state index in [9.17, 15) is 4.79 Å². The highest BCUT2D eigenvalue weighted by molar-refractivity contribution is 6.14. The van der Waals surface area contributed by atoms with Gasteiger partial charge in [-0.25, -0.2) is 0 Å². The Bertz CT molecular complexity index is 1320. The number of Topliss-reactive ketones (excluding diaryl/α,β-unsaturated/α-hetero) is 1. The van der Waals surface area contributed by atoms with E-state index < -0.39 is 0 Å². The second-order valence-corrected chi connectivity index (χ2v) is 8.36. The second kappa shape index (κ2) is 7.76. The average molecular weight is 389 g/mol. The third-order valence-electron chi connectivity index (χ3n) is 5.99. The SMILES string of the molecule is CC1C/C(=C/c2cccc3ccccc23)C(=O)/C(=C/c2ccc3ccccc3c2)C1. The van der Waals surface area contributed by atoms with Gasteiger partial charge in [-0.1, -0.05) is 85.8 Å². The van der Waals surface area contributed by atoms with Crippen LogP contribution >= 0.6 is 0 Å². The fourth-order valence-electron chi connectivity index (χ4n) is 4.53. The summed E-state index contributed by atoms with van der Waals surface area (Å²) in [4.78, 5) is 13.3. The molecule has 5 rings (SSSR count). The molecular formula is C29H24O. The van der Waals surface area contributed by atoms with Crippen molar-refractivity contribution in [3.05, 3.63) is 107 Å². The van der Waals surface area contributed by atoms with E-state index in [4.69, 9.17) is 0 Å². The highest BCUT2D eigenvalue weighted by Crippen LogP contribution is 2.33.